The van der Waals surface area contributed by atoms with Gasteiger partial charge in [0.2, 0.25) is 10.0 Å². The minimum Gasteiger partial charge on any atom is -0.497 e. The Kier molecular flexibility index (Phi) is 7.16. The molecule has 1 fully saturated rings. The Morgan fingerprint density at radius 2 is 1.76 bits per heavy atom. The van der Waals surface area contributed by atoms with Gasteiger partial charge in [-0.05, 0) is 55.1 Å². The summed E-state index contributed by atoms with van der Waals surface area (Å²) in [6.45, 7) is 5.66. The van der Waals surface area contributed by atoms with Gasteiger partial charge in [-0.2, -0.15) is 0 Å². The van der Waals surface area contributed by atoms with Crippen molar-refractivity contribution in [1.29, 1.82) is 0 Å². The molecule has 1 saturated heterocycles. The minimum atomic E-state index is -3.75. The maximum absolute atomic E-state index is 12.8. The fourth-order valence-electron chi connectivity index (χ4n) is 3.57. The highest BCUT2D eigenvalue weighted by Gasteiger charge is 2.21. The van der Waals surface area contributed by atoms with Gasteiger partial charge in [0.1, 0.15) is 16.4 Å². The lowest BCUT2D eigenvalue weighted by Gasteiger charge is -2.30. The molecule has 1 N–H and O–H groups in total. The molecule has 0 aromatic heterocycles. The summed E-state index contributed by atoms with van der Waals surface area (Å²) in [5.41, 5.74) is 2.13. The predicted octanol–water partition coefficient (Wildman–Crippen LogP) is 3.41. The number of nitrogens with one attached hydrogen (secondary N) is 1. The van der Waals surface area contributed by atoms with Crippen LogP contribution in [0.25, 0.3) is 0 Å². The summed E-state index contributed by atoms with van der Waals surface area (Å²) in [6.07, 6.45) is 2.48. The number of nitrogens with zero attached hydrogens (tertiary/aromatic N) is 1. The molecule has 29 heavy (non-hydrogen) atoms. The highest BCUT2D eigenvalue weighted by molar-refractivity contribution is 7.89. The lowest BCUT2D eigenvalue weighted by atomic mass is 9.98. The third-order valence-electron chi connectivity index (χ3n) is 5.40. The first-order valence-electron chi connectivity index (χ1n) is 9.93. The Morgan fingerprint density at radius 1 is 1.03 bits per heavy atom. The van der Waals surface area contributed by atoms with Gasteiger partial charge >= 0.3 is 0 Å². The smallest absolute Gasteiger partial charge is 0.244 e. The molecule has 158 valence electrons. The maximum Gasteiger partial charge on any atom is 0.244 e. The summed E-state index contributed by atoms with van der Waals surface area (Å²) < 4.78 is 38.7. The molecule has 0 aliphatic carbocycles. The summed E-state index contributed by atoms with van der Waals surface area (Å²) in [6, 6.07) is 12.8. The molecule has 6 nitrogen and oxygen atoms in total. The molecule has 0 saturated carbocycles. The first-order valence-corrected chi connectivity index (χ1v) is 11.4. The normalized spacial score (nSPS) is 16.0. The molecule has 1 aliphatic heterocycles. The zero-order valence-electron chi connectivity index (χ0n) is 17.3. The van der Waals surface area contributed by atoms with Crippen molar-refractivity contribution in [2.75, 3.05) is 27.3 Å². The van der Waals surface area contributed by atoms with E-state index in [0.29, 0.717) is 5.75 Å². The van der Waals surface area contributed by atoms with Crippen LogP contribution in [0, 0.1) is 5.92 Å². The van der Waals surface area contributed by atoms with Gasteiger partial charge in [-0.15, -0.1) is 0 Å². The van der Waals surface area contributed by atoms with Gasteiger partial charge in [0.25, 0.3) is 0 Å². The van der Waals surface area contributed by atoms with Crippen molar-refractivity contribution in [3.63, 3.8) is 0 Å². The first-order chi connectivity index (χ1) is 13.9. The van der Waals surface area contributed by atoms with Crippen molar-refractivity contribution >= 4 is 10.0 Å². The van der Waals surface area contributed by atoms with Crippen molar-refractivity contribution < 1.29 is 17.9 Å². The number of methoxy groups -OCH3 is 2. The molecule has 7 heteroatoms. The lowest BCUT2D eigenvalue weighted by Crippen LogP contribution is -2.32. The number of ether oxygens (including phenoxy) is 2. The molecule has 2 aromatic rings. The van der Waals surface area contributed by atoms with E-state index in [9.17, 15) is 8.42 Å². The van der Waals surface area contributed by atoms with Crippen molar-refractivity contribution in [2.45, 2.75) is 37.8 Å². The fraction of sp³-hybridized carbons (Fsp3) is 0.455. The molecule has 0 spiro atoms. The van der Waals surface area contributed by atoms with Crippen LogP contribution in [0.15, 0.2) is 47.4 Å². The third kappa shape index (κ3) is 5.72. The molecule has 0 radical (unpaired) electrons. The van der Waals surface area contributed by atoms with Crippen molar-refractivity contribution in [1.82, 2.24) is 9.62 Å². The Labute approximate surface area is 173 Å². The Hall–Kier alpha value is -2.09. The van der Waals surface area contributed by atoms with E-state index < -0.39 is 10.0 Å². The Bertz CT molecular complexity index is 922. The van der Waals surface area contributed by atoms with Crippen LogP contribution in [0.1, 0.15) is 30.9 Å². The minimum absolute atomic E-state index is 0.0675. The van der Waals surface area contributed by atoms with Crippen LogP contribution in [0.5, 0.6) is 11.5 Å². The average molecular weight is 419 g/mol. The van der Waals surface area contributed by atoms with Crippen molar-refractivity contribution in [3.05, 3.63) is 53.6 Å². The largest absolute Gasteiger partial charge is 0.497 e. The Morgan fingerprint density at radius 3 is 2.45 bits per heavy atom. The molecule has 0 bridgehead atoms. The molecule has 2 aromatic carbocycles. The maximum atomic E-state index is 12.8. The predicted molar refractivity (Wildman–Crippen MR) is 114 cm³/mol. The van der Waals surface area contributed by atoms with Gasteiger partial charge in [-0.1, -0.05) is 31.2 Å². The van der Waals surface area contributed by atoms with E-state index >= 15 is 0 Å². The molecular weight excluding hydrogens is 388 g/mol. The number of sulfonamides is 1. The molecule has 3 rings (SSSR count). The van der Waals surface area contributed by atoms with E-state index in [4.69, 9.17) is 9.47 Å². The van der Waals surface area contributed by atoms with Gasteiger partial charge in [-0.25, -0.2) is 13.1 Å². The molecule has 1 aliphatic rings. The summed E-state index contributed by atoms with van der Waals surface area (Å²) >= 11 is 0. The number of hydrogen-bond acceptors (Lipinski definition) is 5. The van der Waals surface area contributed by atoms with Crippen LogP contribution >= 0.6 is 0 Å². The zero-order chi connectivity index (χ0) is 20.9. The molecule has 0 unspecified atom stereocenters. The SMILES string of the molecule is COc1ccc(OC)c(S(=O)(=O)NCc2cccc(CN3CCC(C)CC3)c2)c1. The van der Waals surface area contributed by atoms with E-state index in [0.717, 1.165) is 31.1 Å². The van der Waals surface area contributed by atoms with E-state index in [1.165, 1.54) is 38.7 Å². The Balaban J connectivity index is 1.68. The number of piperidine rings is 1. The van der Waals surface area contributed by atoms with Gasteiger partial charge < -0.3 is 9.47 Å². The average Bonchev–Trinajstić information content (AvgIpc) is 2.74. The van der Waals surface area contributed by atoms with Crippen LogP contribution in [0.4, 0.5) is 0 Å². The van der Waals surface area contributed by atoms with Crippen LogP contribution in [0.2, 0.25) is 0 Å². The third-order valence-corrected chi connectivity index (χ3v) is 6.82. The number of benzene rings is 2. The van der Waals surface area contributed by atoms with Crippen LogP contribution < -0.4 is 14.2 Å². The lowest BCUT2D eigenvalue weighted by molar-refractivity contribution is 0.185. The van der Waals surface area contributed by atoms with Crippen LogP contribution in [0.3, 0.4) is 0 Å². The van der Waals surface area contributed by atoms with Gasteiger partial charge in [-0.3, -0.25) is 4.90 Å². The molecule has 1 heterocycles. The van der Waals surface area contributed by atoms with E-state index in [1.54, 1.807) is 12.1 Å². The number of rotatable bonds is 8. The molecular formula is C22H30N2O4S. The summed E-state index contributed by atoms with van der Waals surface area (Å²) in [4.78, 5) is 2.53. The molecule has 0 atom stereocenters. The van der Waals surface area contributed by atoms with Gasteiger partial charge in [0, 0.05) is 19.2 Å². The highest BCUT2D eigenvalue weighted by Crippen LogP contribution is 2.28. The quantitative estimate of drug-likeness (QED) is 0.712. The second kappa shape index (κ2) is 9.61. The standard InChI is InChI=1S/C22H30N2O4S/c1-17-9-11-24(12-10-17)16-19-6-4-5-18(13-19)15-23-29(25,26)22-14-20(27-2)7-8-21(22)28-3/h4-8,13-14,17,23H,9-12,15-16H2,1-3H3. The summed E-state index contributed by atoms with van der Waals surface area (Å²) in [7, 11) is -0.795. The monoisotopic (exact) mass is 418 g/mol. The fourth-order valence-corrected chi connectivity index (χ4v) is 4.77. The van der Waals surface area contributed by atoms with E-state index in [-0.39, 0.29) is 17.2 Å². The topological polar surface area (TPSA) is 67.9 Å². The van der Waals surface area contributed by atoms with Crippen molar-refractivity contribution in [3.8, 4) is 11.5 Å². The van der Waals surface area contributed by atoms with E-state index in [1.807, 2.05) is 12.1 Å². The second-order valence-electron chi connectivity index (χ2n) is 7.62. The second-order valence-corrected chi connectivity index (χ2v) is 9.36. The van der Waals surface area contributed by atoms with Crippen LogP contribution in [-0.4, -0.2) is 40.6 Å². The molecule has 0 amide bonds. The number of likely N-dealkylation sites (tertiary alicyclic amines) is 1. The van der Waals surface area contributed by atoms with Crippen LogP contribution in [-0.2, 0) is 23.1 Å². The van der Waals surface area contributed by atoms with Gasteiger partial charge in [0.05, 0.1) is 14.2 Å². The highest BCUT2D eigenvalue weighted by atomic mass is 32.2. The summed E-state index contributed by atoms with van der Waals surface area (Å²) in [5.74, 6) is 1.55. The first kappa shape index (κ1) is 21.6. The zero-order valence-corrected chi connectivity index (χ0v) is 18.2. The van der Waals surface area contributed by atoms with Gasteiger partial charge in [0.15, 0.2) is 0 Å². The van der Waals surface area contributed by atoms with Crippen molar-refractivity contribution in [2.24, 2.45) is 5.92 Å². The van der Waals surface area contributed by atoms with E-state index in [2.05, 4.69) is 28.7 Å². The summed E-state index contributed by atoms with van der Waals surface area (Å²) in [5, 5.41) is 0. The number of hydrogen-bond donors (Lipinski definition) is 1.